The molecule has 2 fully saturated rings. The first-order valence-electron chi connectivity index (χ1n) is 8.74. The van der Waals surface area contributed by atoms with E-state index in [9.17, 15) is 0 Å². The minimum absolute atomic E-state index is 0.0560. The minimum atomic E-state index is -0.0560. The zero-order chi connectivity index (χ0) is 17.1. The van der Waals surface area contributed by atoms with Crippen molar-refractivity contribution in [3.63, 3.8) is 0 Å². The van der Waals surface area contributed by atoms with Crippen molar-refractivity contribution in [2.75, 3.05) is 33.8 Å². The molecular weight excluding hydrogens is 288 g/mol. The van der Waals surface area contributed by atoms with Gasteiger partial charge < -0.3 is 15.4 Å². The Morgan fingerprint density at radius 2 is 1.96 bits per heavy atom. The Bertz CT molecular complexity index is 440. The third-order valence-corrected chi connectivity index (χ3v) is 6.13. The Kier molecular flexibility index (Phi) is 5.74. The van der Waals surface area contributed by atoms with Crippen molar-refractivity contribution in [1.29, 1.82) is 0 Å². The van der Waals surface area contributed by atoms with Gasteiger partial charge in [0.2, 0.25) is 0 Å². The lowest BCUT2D eigenvalue weighted by Crippen LogP contribution is -2.69. The lowest BCUT2D eigenvalue weighted by Gasteiger charge is -2.59. The van der Waals surface area contributed by atoms with Gasteiger partial charge in [-0.2, -0.15) is 0 Å². The van der Waals surface area contributed by atoms with Gasteiger partial charge in [-0.15, -0.1) is 6.58 Å². The first-order valence-corrected chi connectivity index (χ1v) is 8.74. The van der Waals surface area contributed by atoms with E-state index in [2.05, 4.69) is 47.9 Å². The average molecular weight is 322 g/mol. The summed E-state index contributed by atoms with van der Waals surface area (Å²) in [5.41, 5.74) is 0.0340. The Balaban J connectivity index is 1.83. The molecular formula is C18H34N4O. The van der Waals surface area contributed by atoms with Gasteiger partial charge in [0.1, 0.15) is 0 Å². The van der Waals surface area contributed by atoms with Crippen molar-refractivity contribution < 1.29 is 4.74 Å². The van der Waals surface area contributed by atoms with Crippen LogP contribution < -0.4 is 10.6 Å². The molecule has 2 unspecified atom stereocenters. The molecule has 0 aromatic carbocycles. The van der Waals surface area contributed by atoms with Crippen molar-refractivity contribution >= 4 is 5.96 Å². The summed E-state index contributed by atoms with van der Waals surface area (Å²) in [5, 5.41) is 7.19. The van der Waals surface area contributed by atoms with Gasteiger partial charge in [-0.1, -0.05) is 19.9 Å². The average Bonchev–Trinajstić information content (AvgIpc) is 2.55. The predicted octanol–water partition coefficient (Wildman–Crippen LogP) is 2.01. The first kappa shape index (κ1) is 18.3. The monoisotopic (exact) mass is 322 g/mol. The van der Waals surface area contributed by atoms with E-state index < -0.39 is 0 Å². The first-order chi connectivity index (χ1) is 10.9. The highest BCUT2D eigenvalue weighted by Crippen LogP contribution is 2.51. The topological polar surface area (TPSA) is 48.9 Å². The number of piperidine rings is 1. The highest BCUT2D eigenvalue weighted by Gasteiger charge is 2.58. The summed E-state index contributed by atoms with van der Waals surface area (Å²) in [6.07, 6.45) is 5.30. The normalized spacial score (nSPS) is 32.2. The van der Waals surface area contributed by atoms with E-state index in [0.717, 1.165) is 44.9 Å². The number of hydrogen-bond acceptors (Lipinski definition) is 3. The second-order valence-electron chi connectivity index (χ2n) is 7.64. The number of ether oxygens (including phenoxy) is 1. The molecule has 1 saturated carbocycles. The van der Waals surface area contributed by atoms with Crippen molar-refractivity contribution in [3.05, 3.63) is 12.7 Å². The molecule has 1 heterocycles. The van der Waals surface area contributed by atoms with Crippen LogP contribution in [0.5, 0.6) is 0 Å². The molecule has 0 aromatic heterocycles. The molecule has 2 atom stereocenters. The Morgan fingerprint density at radius 3 is 2.43 bits per heavy atom. The van der Waals surface area contributed by atoms with Crippen LogP contribution in [0, 0.1) is 5.41 Å². The highest BCUT2D eigenvalue weighted by molar-refractivity contribution is 5.80. The van der Waals surface area contributed by atoms with Crippen LogP contribution in [0.4, 0.5) is 0 Å². The van der Waals surface area contributed by atoms with Crippen LogP contribution in [0.2, 0.25) is 0 Å². The number of methoxy groups -OCH3 is 1. The Labute approximate surface area is 141 Å². The van der Waals surface area contributed by atoms with Crippen LogP contribution in [0.15, 0.2) is 17.6 Å². The van der Waals surface area contributed by atoms with Crippen molar-refractivity contribution in [2.45, 2.75) is 57.7 Å². The molecule has 0 spiro atoms. The highest BCUT2D eigenvalue weighted by atomic mass is 16.5. The molecule has 2 rings (SSSR count). The molecule has 5 nitrogen and oxygen atoms in total. The number of guanidine groups is 1. The second kappa shape index (κ2) is 7.22. The number of nitrogens with zero attached hydrogens (tertiary/aromatic N) is 2. The van der Waals surface area contributed by atoms with Crippen molar-refractivity contribution in [3.8, 4) is 0 Å². The van der Waals surface area contributed by atoms with Gasteiger partial charge in [0.05, 0.1) is 5.60 Å². The standard InChI is InChI=1S/C18H34N4O/c1-7-10-22-11-8-14(9-12-22)20-16(19-5)21-15-13-18(4,23-6)17(15,2)3/h7,14-15H,1,8-13H2,2-6H3,(H2,19,20,21). The third kappa shape index (κ3) is 3.72. The van der Waals surface area contributed by atoms with Gasteiger partial charge in [0, 0.05) is 51.3 Å². The van der Waals surface area contributed by atoms with Crippen LogP contribution in [-0.2, 0) is 4.74 Å². The molecule has 1 saturated heterocycles. The summed E-state index contributed by atoms with van der Waals surface area (Å²) < 4.78 is 5.71. The van der Waals surface area contributed by atoms with Gasteiger partial charge in [0.15, 0.2) is 5.96 Å². The van der Waals surface area contributed by atoms with Crippen LogP contribution in [0.25, 0.3) is 0 Å². The van der Waals surface area contributed by atoms with Gasteiger partial charge >= 0.3 is 0 Å². The molecule has 2 aliphatic rings. The van der Waals surface area contributed by atoms with E-state index in [1.807, 2.05) is 20.2 Å². The van der Waals surface area contributed by atoms with Gasteiger partial charge in [0.25, 0.3) is 0 Å². The molecule has 0 radical (unpaired) electrons. The van der Waals surface area contributed by atoms with E-state index in [1.54, 1.807) is 0 Å². The summed E-state index contributed by atoms with van der Waals surface area (Å²) in [7, 11) is 3.66. The zero-order valence-electron chi connectivity index (χ0n) is 15.5. The fourth-order valence-electron chi connectivity index (χ4n) is 3.69. The van der Waals surface area contributed by atoms with E-state index in [0.29, 0.717) is 12.1 Å². The van der Waals surface area contributed by atoms with Crippen LogP contribution in [0.3, 0.4) is 0 Å². The molecule has 1 aliphatic carbocycles. The SMILES string of the molecule is C=CCN1CCC(NC(=NC)NC2CC(C)(OC)C2(C)C)CC1. The molecule has 1 aliphatic heterocycles. The fourth-order valence-corrected chi connectivity index (χ4v) is 3.69. The van der Waals surface area contributed by atoms with Crippen LogP contribution in [0.1, 0.15) is 40.0 Å². The predicted molar refractivity (Wildman–Crippen MR) is 96.9 cm³/mol. The molecule has 0 amide bonds. The maximum atomic E-state index is 5.71. The largest absolute Gasteiger partial charge is 0.378 e. The molecule has 23 heavy (non-hydrogen) atoms. The number of rotatable bonds is 5. The summed E-state index contributed by atoms with van der Waals surface area (Å²) in [6, 6.07) is 0.888. The maximum Gasteiger partial charge on any atom is 0.191 e. The van der Waals surface area contributed by atoms with Crippen LogP contribution >= 0.6 is 0 Å². The lowest BCUT2D eigenvalue weighted by molar-refractivity contribution is -0.176. The number of nitrogens with one attached hydrogen (secondary N) is 2. The Morgan fingerprint density at radius 1 is 1.30 bits per heavy atom. The quantitative estimate of drug-likeness (QED) is 0.462. The summed E-state index contributed by atoms with van der Waals surface area (Å²) in [4.78, 5) is 6.87. The van der Waals surface area contributed by atoms with E-state index >= 15 is 0 Å². The molecule has 0 aromatic rings. The smallest absolute Gasteiger partial charge is 0.191 e. The molecule has 132 valence electrons. The van der Waals surface area contributed by atoms with Gasteiger partial charge in [-0.3, -0.25) is 9.89 Å². The lowest BCUT2D eigenvalue weighted by atomic mass is 9.56. The maximum absolute atomic E-state index is 5.71. The Hall–Kier alpha value is -1.07. The minimum Gasteiger partial charge on any atom is -0.378 e. The molecule has 2 N–H and O–H groups in total. The number of aliphatic imine (C=N–C) groups is 1. The zero-order valence-corrected chi connectivity index (χ0v) is 15.5. The summed E-state index contributed by atoms with van der Waals surface area (Å²) in [6.45, 7) is 13.8. The van der Waals surface area contributed by atoms with Gasteiger partial charge in [-0.25, -0.2) is 0 Å². The molecule has 5 heteroatoms. The summed E-state index contributed by atoms with van der Waals surface area (Å²) >= 11 is 0. The van der Waals surface area contributed by atoms with E-state index in [1.165, 1.54) is 0 Å². The van der Waals surface area contributed by atoms with Gasteiger partial charge in [-0.05, 0) is 26.2 Å². The second-order valence-corrected chi connectivity index (χ2v) is 7.64. The van der Waals surface area contributed by atoms with Crippen molar-refractivity contribution in [1.82, 2.24) is 15.5 Å². The van der Waals surface area contributed by atoms with E-state index in [4.69, 9.17) is 4.74 Å². The molecule has 0 bridgehead atoms. The van der Waals surface area contributed by atoms with Crippen LogP contribution in [-0.4, -0.2) is 62.3 Å². The van der Waals surface area contributed by atoms with Crippen molar-refractivity contribution in [2.24, 2.45) is 10.4 Å². The summed E-state index contributed by atoms with van der Waals surface area (Å²) in [5.74, 6) is 0.920. The number of hydrogen-bond donors (Lipinski definition) is 2. The number of likely N-dealkylation sites (tertiary alicyclic amines) is 1. The third-order valence-electron chi connectivity index (χ3n) is 6.13. The fraction of sp³-hybridized carbons (Fsp3) is 0.833. The van der Waals surface area contributed by atoms with E-state index in [-0.39, 0.29) is 11.0 Å².